The first-order valence-corrected chi connectivity index (χ1v) is 3.77. The topological polar surface area (TPSA) is 60.7 Å². The lowest BCUT2D eigenvalue weighted by molar-refractivity contribution is 0.368. The maximum absolute atomic E-state index is 8.71. The van der Waals surface area contributed by atoms with Gasteiger partial charge in [0.25, 0.3) is 0 Å². The van der Waals surface area contributed by atoms with E-state index >= 15 is 0 Å². The van der Waals surface area contributed by atoms with Crippen LogP contribution in [0.25, 0.3) is 0 Å². The molecule has 3 nitrogen and oxygen atoms in total. The summed E-state index contributed by atoms with van der Waals surface area (Å²) in [4.78, 5) is 0. The fraction of sp³-hybridized carbons (Fsp3) is 0.200. The summed E-state index contributed by atoms with van der Waals surface area (Å²) in [6.07, 6.45) is 0. The molecule has 0 aliphatic carbocycles. The van der Waals surface area contributed by atoms with Gasteiger partial charge in [0.15, 0.2) is 17.2 Å². The van der Waals surface area contributed by atoms with E-state index in [-0.39, 0.29) is 11.5 Å². The summed E-state index contributed by atoms with van der Waals surface area (Å²) >= 11 is 0. The first kappa shape index (κ1) is 11.4. The van der Waals surface area contributed by atoms with E-state index in [9.17, 15) is 0 Å². The van der Waals surface area contributed by atoms with Gasteiger partial charge < -0.3 is 15.3 Å². The molecule has 0 aliphatic heterocycles. The summed E-state index contributed by atoms with van der Waals surface area (Å²) in [6.45, 7) is 7.50. The van der Waals surface area contributed by atoms with Crippen molar-refractivity contribution < 1.29 is 15.3 Å². The molecule has 72 valence electrons. The Balaban J connectivity index is 0.000000310. The lowest BCUT2D eigenvalue weighted by Gasteiger charge is -1.96. The van der Waals surface area contributed by atoms with Crippen molar-refractivity contribution in [2.45, 2.75) is 13.8 Å². The van der Waals surface area contributed by atoms with Crippen LogP contribution in [0.2, 0.25) is 0 Å². The maximum atomic E-state index is 8.71. The summed E-state index contributed by atoms with van der Waals surface area (Å²) in [5.41, 5.74) is 1.17. The highest BCUT2D eigenvalue weighted by molar-refractivity contribution is 5.47. The zero-order valence-electron chi connectivity index (χ0n) is 7.78. The van der Waals surface area contributed by atoms with E-state index in [1.54, 1.807) is 0 Å². The van der Waals surface area contributed by atoms with E-state index < -0.39 is 5.75 Å². The van der Waals surface area contributed by atoms with E-state index in [0.29, 0.717) is 0 Å². The zero-order valence-corrected chi connectivity index (χ0v) is 7.78. The summed E-state index contributed by atoms with van der Waals surface area (Å²) in [7, 11) is 0. The number of aromatic hydroxyl groups is 3. The van der Waals surface area contributed by atoms with Crippen molar-refractivity contribution in [3.8, 4) is 17.2 Å². The Bertz CT molecular complexity index is 268. The summed E-state index contributed by atoms with van der Waals surface area (Å²) in [6, 6.07) is 4.01. The number of benzene rings is 1. The number of hydrogen-bond acceptors (Lipinski definition) is 3. The fourth-order valence-corrected chi connectivity index (χ4v) is 0.519. The molecule has 0 saturated carbocycles. The van der Waals surface area contributed by atoms with E-state index in [2.05, 4.69) is 6.58 Å². The lowest BCUT2D eigenvalue weighted by Crippen LogP contribution is -1.67. The normalized spacial score (nSPS) is 8.46. The molecule has 0 unspecified atom stereocenters. The average molecular weight is 182 g/mol. The third-order valence-corrected chi connectivity index (χ3v) is 0.993. The van der Waals surface area contributed by atoms with Crippen LogP contribution in [0.1, 0.15) is 13.8 Å². The van der Waals surface area contributed by atoms with Crippen LogP contribution >= 0.6 is 0 Å². The summed E-state index contributed by atoms with van der Waals surface area (Å²) in [5, 5.41) is 26.1. The van der Waals surface area contributed by atoms with Crippen LogP contribution in [0, 0.1) is 0 Å². The van der Waals surface area contributed by atoms with Gasteiger partial charge in [-0.3, -0.25) is 0 Å². The van der Waals surface area contributed by atoms with E-state index in [4.69, 9.17) is 15.3 Å². The average Bonchev–Trinajstić information content (AvgIpc) is 1.99. The second kappa shape index (κ2) is 5.09. The molecule has 1 aromatic carbocycles. The Labute approximate surface area is 77.6 Å². The van der Waals surface area contributed by atoms with Crippen molar-refractivity contribution in [2.75, 3.05) is 0 Å². The summed E-state index contributed by atoms with van der Waals surface area (Å²) < 4.78 is 0. The second-order valence-corrected chi connectivity index (χ2v) is 2.85. The quantitative estimate of drug-likeness (QED) is 0.426. The molecule has 0 bridgehead atoms. The van der Waals surface area contributed by atoms with Gasteiger partial charge in [-0.2, -0.15) is 0 Å². The maximum Gasteiger partial charge on any atom is 0.200 e. The van der Waals surface area contributed by atoms with Crippen LogP contribution in [-0.4, -0.2) is 15.3 Å². The predicted molar refractivity (Wildman–Crippen MR) is 51.9 cm³/mol. The molecule has 0 aliphatic rings. The molecule has 13 heavy (non-hydrogen) atoms. The molecule has 0 amide bonds. The lowest BCUT2D eigenvalue weighted by atomic mass is 10.3. The molecule has 0 heterocycles. The van der Waals surface area contributed by atoms with Crippen LogP contribution in [0.5, 0.6) is 17.2 Å². The standard InChI is InChI=1S/C6H6O3.C4H8/c7-4-2-1-3-5(8)6(4)9;1-4(2)3/h1-3,7-9H;1H2,2-3H3. The second-order valence-electron chi connectivity index (χ2n) is 2.85. The fourth-order valence-electron chi connectivity index (χ4n) is 0.519. The van der Waals surface area contributed by atoms with Crippen molar-refractivity contribution in [3.05, 3.63) is 30.4 Å². The zero-order chi connectivity index (χ0) is 10.4. The van der Waals surface area contributed by atoms with Gasteiger partial charge in [-0.15, -0.1) is 6.58 Å². The van der Waals surface area contributed by atoms with E-state index in [0.717, 1.165) is 0 Å². The first-order valence-electron chi connectivity index (χ1n) is 3.77. The molecule has 1 aromatic rings. The van der Waals surface area contributed by atoms with Crippen LogP contribution in [0.3, 0.4) is 0 Å². The molecule has 0 radical (unpaired) electrons. The Morgan fingerprint density at radius 2 is 1.38 bits per heavy atom. The Morgan fingerprint density at radius 3 is 1.62 bits per heavy atom. The van der Waals surface area contributed by atoms with Crippen LogP contribution in [0.4, 0.5) is 0 Å². The SMILES string of the molecule is C=C(C)C.Oc1cccc(O)c1O. The van der Waals surface area contributed by atoms with Gasteiger partial charge in [0.1, 0.15) is 0 Å². The van der Waals surface area contributed by atoms with Gasteiger partial charge in [-0.25, -0.2) is 0 Å². The Morgan fingerprint density at radius 1 is 1.08 bits per heavy atom. The molecule has 1 rings (SSSR count). The predicted octanol–water partition coefficient (Wildman–Crippen LogP) is 2.39. The van der Waals surface area contributed by atoms with Gasteiger partial charge in [0, 0.05) is 0 Å². The Hall–Kier alpha value is -1.64. The summed E-state index contributed by atoms with van der Waals surface area (Å²) in [5.74, 6) is -1.09. The number of hydrogen-bond donors (Lipinski definition) is 3. The molecule has 3 N–H and O–H groups in total. The third-order valence-electron chi connectivity index (χ3n) is 0.993. The monoisotopic (exact) mass is 182 g/mol. The number of phenolic OH excluding ortho intramolecular Hbond substituents is 3. The number of allylic oxidation sites excluding steroid dienone is 1. The van der Waals surface area contributed by atoms with Crippen molar-refractivity contribution >= 4 is 0 Å². The Kier molecular flexibility index (Phi) is 4.44. The first-order chi connectivity index (χ1) is 5.95. The molecular formula is C10H14O3. The molecular weight excluding hydrogens is 168 g/mol. The smallest absolute Gasteiger partial charge is 0.200 e. The van der Waals surface area contributed by atoms with E-state index in [1.165, 1.54) is 23.8 Å². The van der Waals surface area contributed by atoms with Crippen molar-refractivity contribution in [3.63, 3.8) is 0 Å². The van der Waals surface area contributed by atoms with Gasteiger partial charge >= 0.3 is 0 Å². The number of phenols is 3. The van der Waals surface area contributed by atoms with Crippen LogP contribution in [0.15, 0.2) is 30.4 Å². The minimum Gasteiger partial charge on any atom is -0.504 e. The third kappa shape index (κ3) is 4.74. The molecule has 0 aromatic heterocycles. The van der Waals surface area contributed by atoms with Gasteiger partial charge in [0.2, 0.25) is 0 Å². The minimum absolute atomic E-state index is 0.310. The van der Waals surface area contributed by atoms with Crippen molar-refractivity contribution in [1.82, 2.24) is 0 Å². The highest BCUT2D eigenvalue weighted by atomic mass is 16.3. The molecule has 0 spiro atoms. The molecule has 0 saturated heterocycles. The highest BCUT2D eigenvalue weighted by Gasteiger charge is 2.00. The van der Waals surface area contributed by atoms with Crippen molar-refractivity contribution in [1.29, 1.82) is 0 Å². The van der Waals surface area contributed by atoms with E-state index in [1.807, 2.05) is 13.8 Å². The van der Waals surface area contributed by atoms with Gasteiger partial charge in [-0.1, -0.05) is 11.6 Å². The molecule has 0 fully saturated rings. The number of para-hydroxylation sites is 1. The largest absolute Gasteiger partial charge is 0.504 e. The van der Waals surface area contributed by atoms with Crippen LogP contribution in [-0.2, 0) is 0 Å². The highest BCUT2D eigenvalue weighted by Crippen LogP contribution is 2.32. The molecule has 3 heteroatoms. The van der Waals surface area contributed by atoms with Crippen molar-refractivity contribution in [2.24, 2.45) is 0 Å². The molecule has 0 atom stereocenters. The van der Waals surface area contributed by atoms with Crippen LogP contribution < -0.4 is 0 Å². The van der Waals surface area contributed by atoms with Gasteiger partial charge in [-0.05, 0) is 26.0 Å². The van der Waals surface area contributed by atoms with Gasteiger partial charge in [0.05, 0.1) is 0 Å². The minimum atomic E-state index is -0.475. The number of rotatable bonds is 0.